The van der Waals surface area contributed by atoms with Gasteiger partial charge in [0.2, 0.25) is 5.91 Å². The Labute approximate surface area is 193 Å². The van der Waals surface area contributed by atoms with Gasteiger partial charge in [-0.3, -0.25) is 4.79 Å². The minimum Gasteiger partial charge on any atom is -0.381 e. The fourth-order valence-electron chi connectivity index (χ4n) is 4.33. The van der Waals surface area contributed by atoms with E-state index in [1.807, 2.05) is 6.08 Å². The second-order valence-corrected chi connectivity index (χ2v) is 9.07. The van der Waals surface area contributed by atoms with E-state index in [-0.39, 0.29) is 11.7 Å². The van der Waals surface area contributed by atoms with Crippen molar-refractivity contribution in [1.29, 1.82) is 0 Å². The molecule has 2 fully saturated rings. The van der Waals surface area contributed by atoms with Gasteiger partial charge in [0.05, 0.1) is 10.7 Å². The summed E-state index contributed by atoms with van der Waals surface area (Å²) in [6, 6.07) is 3.00. The first-order valence-corrected chi connectivity index (χ1v) is 11.8. The topological polar surface area (TPSA) is 87.3 Å². The number of carbonyl (C=O) groups is 1. The molecule has 0 radical (unpaired) electrons. The number of halogens is 2. The highest BCUT2D eigenvalue weighted by Gasteiger charge is 2.22. The molecule has 32 heavy (non-hydrogen) atoms. The van der Waals surface area contributed by atoms with Crippen LogP contribution in [0.5, 0.6) is 0 Å². The second-order valence-electron chi connectivity index (χ2n) is 8.66. The maximum absolute atomic E-state index is 14.4. The van der Waals surface area contributed by atoms with Crippen LogP contribution in [0.4, 0.5) is 10.2 Å². The molecule has 174 valence electrons. The summed E-state index contributed by atoms with van der Waals surface area (Å²) in [6.07, 6.45) is 7.63. The number of nitrogens with one attached hydrogen (secondary N) is 4. The Morgan fingerprint density at radius 1 is 1.25 bits per heavy atom. The van der Waals surface area contributed by atoms with Crippen molar-refractivity contribution in [3.8, 4) is 0 Å². The van der Waals surface area contributed by atoms with E-state index in [9.17, 15) is 9.18 Å². The Hall–Kier alpha value is -2.16. The molecular formula is C23H31ClFN5O2. The van der Waals surface area contributed by atoms with E-state index in [2.05, 4.69) is 26.3 Å². The number of hydrogen-bond acceptors (Lipinski definition) is 6. The zero-order valence-electron chi connectivity index (χ0n) is 18.1. The summed E-state index contributed by atoms with van der Waals surface area (Å²) in [5.41, 5.74) is 1.21. The Kier molecular flexibility index (Phi) is 8.00. The van der Waals surface area contributed by atoms with Gasteiger partial charge in [-0.2, -0.15) is 0 Å². The molecule has 3 aliphatic rings. The van der Waals surface area contributed by atoms with Crippen LogP contribution in [-0.4, -0.2) is 49.9 Å². The molecule has 1 aromatic rings. The first kappa shape index (κ1) is 23.0. The van der Waals surface area contributed by atoms with Gasteiger partial charge in [0.15, 0.2) is 11.6 Å². The number of anilines is 1. The van der Waals surface area contributed by atoms with E-state index < -0.39 is 12.0 Å². The van der Waals surface area contributed by atoms with Gasteiger partial charge in [-0.05, 0) is 68.8 Å². The maximum atomic E-state index is 14.4. The van der Waals surface area contributed by atoms with Gasteiger partial charge in [0.1, 0.15) is 6.17 Å². The summed E-state index contributed by atoms with van der Waals surface area (Å²) in [5, 5.41) is 13.0. The molecule has 9 heteroatoms. The lowest BCUT2D eigenvalue weighted by molar-refractivity contribution is -0.122. The fraction of sp³-hybridized carbons (Fsp3) is 0.565. The van der Waals surface area contributed by atoms with Crippen molar-refractivity contribution in [1.82, 2.24) is 20.9 Å². The Bertz CT molecular complexity index is 866. The van der Waals surface area contributed by atoms with Crippen LogP contribution in [0.15, 0.2) is 29.4 Å². The number of carbonyl (C=O) groups excluding carboxylic acids is 1. The standard InChI is InChI=1S/C23H31ClFN5O2/c24-18-14-27-21(30-22(31)10-16-2-1-7-26-12-16)11-17(18)20-4-3-19(25)23(29-20)28-13-15-5-8-32-9-6-15/h3-4,11,14-16,21,26-27H,1-2,5-10,12-13H2,(H,28,29)(H,30,31). The Balaban J connectivity index is 1.40. The molecule has 0 spiro atoms. The van der Waals surface area contributed by atoms with Crippen LogP contribution in [0.25, 0.3) is 5.57 Å². The third-order valence-corrected chi connectivity index (χ3v) is 6.50. The number of aromatic nitrogens is 1. The van der Waals surface area contributed by atoms with Gasteiger partial charge in [-0.15, -0.1) is 0 Å². The molecule has 4 heterocycles. The number of nitrogens with zero attached hydrogens (tertiary/aromatic N) is 1. The zero-order valence-corrected chi connectivity index (χ0v) is 18.9. The van der Waals surface area contributed by atoms with E-state index in [1.54, 1.807) is 12.3 Å². The summed E-state index contributed by atoms with van der Waals surface area (Å²) in [7, 11) is 0. The van der Waals surface area contributed by atoms with Gasteiger partial charge in [0, 0.05) is 38.0 Å². The van der Waals surface area contributed by atoms with Crippen molar-refractivity contribution in [2.45, 2.75) is 38.3 Å². The summed E-state index contributed by atoms with van der Waals surface area (Å²) in [6.45, 7) is 4.03. The average Bonchev–Trinajstić information content (AvgIpc) is 2.81. The zero-order chi connectivity index (χ0) is 22.3. The second kappa shape index (κ2) is 11.1. The normalized spacial score (nSPS) is 24.2. The van der Waals surface area contributed by atoms with E-state index >= 15 is 0 Å². The van der Waals surface area contributed by atoms with Gasteiger partial charge >= 0.3 is 0 Å². The van der Waals surface area contributed by atoms with Gasteiger partial charge < -0.3 is 26.0 Å². The number of ether oxygens (including phenoxy) is 1. The van der Waals surface area contributed by atoms with E-state index in [0.717, 1.165) is 52.0 Å². The van der Waals surface area contributed by atoms with Crippen LogP contribution in [-0.2, 0) is 9.53 Å². The van der Waals surface area contributed by atoms with Crippen LogP contribution in [0.3, 0.4) is 0 Å². The summed E-state index contributed by atoms with van der Waals surface area (Å²) >= 11 is 6.41. The molecule has 7 nitrogen and oxygen atoms in total. The van der Waals surface area contributed by atoms with Crippen LogP contribution in [0, 0.1) is 17.7 Å². The van der Waals surface area contributed by atoms with E-state index in [1.165, 1.54) is 6.07 Å². The number of amides is 1. The molecule has 2 saturated heterocycles. The molecular weight excluding hydrogens is 433 g/mol. The van der Waals surface area contributed by atoms with Crippen molar-refractivity contribution < 1.29 is 13.9 Å². The van der Waals surface area contributed by atoms with Crippen molar-refractivity contribution in [3.63, 3.8) is 0 Å². The third kappa shape index (κ3) is 6.21. The highest BCUT2D eigenvalue weighted by molar-refractivity contribution is 6.37. The molecule has 2 atom stereocenters. The molecule has 1 aromatic heterocycles. The molecule has 2 unspecified atom stereocenters. The average molecular weight is 464 g/mol. The molecule has 0 saturated carbocycles. The van der Waals surface area contributed by atoms with Crippen LogP contribution in [0.1, 0.15) is 37.8 Å². The Morgan fingerprint density at radius 2 is 2.09 bits per heavy atom. The molecule has 0 aromatic carbocycles. The first-order chi connectivity index (χ1) is 15.6. The minimum absolute atomic E-state index is 0.0101. The number of allylic oxidation sites excluding steroid dienone is 2. The van der Waals surface area contributed by atoms with Crippen molar-refractivity contribution in [2.24, 2.45) is 11.8 Å². The van der Waals surface area contributed by atoms with Crippen molar-refractivity contribution >= 4 is 28.9 Å². The lowest BCUT2D eigenvalue weighted by atomic mass is 9.96. The van der Waals surface area contributed by atoms with Gasteiger partial charge in [0.25, 0.3) is 0 Å². The Morgan fingerprint density at radius 3 is 2.88 bits per heavy atom. The fourth-order valence-corrected chi connectivity index (χ4v) is 4.55. The van der Waals surface area contributed by atoms with Gasteiger partial charge in [-0.25, -0.2) is 9.37 Å². The number of pyridine rings is 1. The summed E-state index contributed by atoms with van der Waals surface area (Å²) in [5.74, 6) is 0.598. The monoisotopic (exact) mass is 463 g/mol. The lowest BCUT2D eigenvalue weighted by Crippen LogP contribution is -2.44. The molecule has 1 amide bonds. The predicted octanol–water partition coefficient (Wildman–Crippen LogP) is 2.96. The smallest absolute Gasteiger partial charge is 0.222 e. The highest BCUT2D eigenvalue weighted by Crippen LogP contribution is 2.29. The highest BCUT2D eigenvalue weighted by atomic mass is 35.5. The number of rotatable bonds is 7. The SMILES string of the molecule is O=C(CC1CCCNC1)NC1C=C(c2ccc(F)c(NCC3CCOCC3)n2)C(Cl)=CN1. The van der Waals surface area contributed by atoms with E-state index in [0.29, 0.717) is 41.1 Å². The predicted molar refractivity (Wildman–Crippen MR) is 123 cm³/mol. The van der Waals surface area contributed by atoms with Crippen LogP contribution < -0.4 is 21.3 Å². The molecule has 0 bridgehead atoms. The lowest BCUT2D eigenvalue weighted by Gasteiger charge is -2.25. The summed E-state index contributed by atoms with van der Waals surface area (Å²) < 4.78 is 19.7. The maximum Gasteiger partial charge on any atom is 0.222 e. The van der Waals surface area contributed by atoms with Crippen molar-refractivity contribution in [2.75, 3.05) is 38.2 Å². The van der Waals surface area contributed by atoms with Crippen LogP contribution >= 0.6 is 11.6 Å². The van der Waals surface area contributed by atoms with Crippen molar-refractivity contribution in [3.05, 3.63) is 41.0 Å². The van der Waals surface area contributed by atoms with Gasteiger partial charge in [-0.1, -0.05) is 11.6 Å². The molecule has 3 aliphatic heterocycles. The van der Waals surface area contributed by atoms with E-state index in [4.69, 9.17) is 16.3 Å². The summed E-state index contributed by atoms with van der Waals surface area (Å²) in [4.78, 5) is 17.0. The largest absolute Gasteiger partial charge is 0.381 e. The molecule has 4 rings (SSSR count). The number of piperidine rings is 1. The third-order valence-electron chi connectivity index (χ3n) is 6.19. The molecule has 4 N–H and O–H groups in total. The number of hydrogen-bond donors (Lipinski definition) is 4. The van der Waals surface area contributed by atoms with Crippen LogP contribution in [0.2, 0.25) is 0 Å². The minimum atomic E-state index is -0.401. The quantitative estimate of drug-likeness (QED) is 0.497. The number of dihydropyridines is 1. The first-order valence-electron chi connectivity index (χ1n) is 11.4. The molecule has 0 aliphatic carbocycles.